The second-order valence-electron chi connectivity index (χ2n) is 5.17. The van der Waals surface area contributed by atoms with Gasteiger partial charge in [-0.1, -0.05) is 31.3 Å². The molecule has 112 valence electrons. The van der Waals surface area contributed by atoms with Crippen LogP contribution in [0.2, 0.25) is 0 Å². The second kappa shape index (κ2) is 6.67. The van der Waals surface area contributed by atoms with Crippen LogP contribution in [-0.4, -0.2) is 22.2 Å². The summed E-state index contributed by atoms with van der Waals surface area (Å²) in [5.74, 6) is 0.923. The lowest BCUT2D eigenvalue weighted by molar-refractivity contribution is -0.122. The van der Waals surface area contributed by atoms with Crippen LogP contribution in [-0.2, 0) is 4.79 Å². The van der Waals surface area contributed by atoms with E-state index in [0.29, 0.717) is 16.8 Å². The van der Waals surface area contributed by atoms with Gasteiger partial charge < -0.3 is 4.74 Å². The van der Waals surface area contributed by atoms with E-state index in [0.717, 1.165) is 0 Å². The maximum Gasteiger partial charge on any atom is 0.266 e. The van der Waals surface area contributed by atoms with Crippen LogP contribution in [0.5, 0.6) is 5.75 Å². The molecule has 0 saturated heterocycles. The van der Waals surface area contributed by atoms with Gasteiger partial charge in [-0.05, 0) is 43.0 Å². The molecule has 0 bridgehead atoms. The van der Waals surface area contributed by atoms with Gasteiger partial charge in [0.1, 0.15) is 11.3 Å². The van der Waals surface area contributed by atoms with Crippen molar-refractivity contribution in [2.24, 2.45) is 0 Å². The predicted molar refractivity (Wildman–Crippen MR) is 83.9 cm³/mol. The molecule has 1 unspecified atom stereocenters. The summed E-state index contributed by atoms with van der Waals surface area (Å²) in [6.07, 6.45) is -0.599. The number of ether oxygens (including phenoxy) is 1. The van der Waals surface area contributed by atoms with E-state index in [4.69, 9.17) is 4.74 Å². The fourth-order valence-electron chi connectivity index (χ4n) is 2.06. The summed E-state index contributed by atoms with van der Waals surface area (Å²) in [5.41, 5.74) is 4.02. The number of amides is 1. The number of hydrogen-bond acceptors (Lipinski definition) is 5. The molecule has 0 aliphatic carbocycles. The number of rotatable bonds is 5. The van der Waals surface area contributed by atoms with Gasteiger partial charge in [0.25, 0.3) is 5.91 Å². The van der Waals surface area contributed by atoms with Crippen LogP contribution in [0.25, 0.3) is 0 Å². The molecule has 2 rings (SSSR count). The number of anilines is 1. The first-order valence-electron chi connectivity index (χ1n) is 6.81. The van der Waals surface area contributed by atoms with Gasteiger partial charge in [0, 0.05) is 0 Å². The van der Waals surface area contributed by atoms with Crippen molar-refractivity contribution >= 4 is 22.4 Å². The van der Waals surface area contributed by atoms with E-state index in [1.807, 2.05) is 25.1 Å². The lowest BCUT2D eigenvalue weighted by Crippen LogP contribution is -2.30. The zero-order valence-corrected chi connectivity index (χ0v) is 13.4. The highest BCUT2D eigenvalue weighted by Gasteiger charge is 2.16. The third-order valence-electron chi connectivity index (χ3n) is 3.14. The van der Waals surface area contributed by atoms with Crippen molar-refractivity contribution in [3.8, 4) is 5.75 Å². The summed E-state index contributed by atoms with van der Waals surface area (Å²) in [7, 11) is 0. The van der Waals surface area contributed by atoms with Gasteiger partial charge in [0.05, 0.1) is 0 Å². The number of benzene rings is 1. The Morgan fingerprint density at radius 1 is 1.33 bits per heavy atom. The predicted octanol–water partition coefficient (Wildman–Crippen LogP) is 3.38. The molecule has 0 radical (unpaired) electrons. The van der Waals surface area contributed by atoms with Crippen molar-refractivity contribution < 1.29 is 9.53 Å². The molecule has 1 amide bonds. The molecule has 0 saturated carbocycles. The average Bonchev–Trinajstić information content (AvgIpc) is 2.91. The first-order chi connectivity index (χ1) is 9.97. The zero-order chi connectivity index (χ0) is 15.4. The van der Waals surface area contributed by atoms with Crippen molar-refractivity contribution in [3.05, 3.63) is 34.8 Å². The normalized spacial score (nSPS) is 12.2. The van der Waals surface area contributed by atoms with E-state index >= 15 is 0 Å². The van der Waals surface area contributed by atoms with Gasteiger partial charge in [-0.2, -0.15) is 0 Å². The van der Waals surface area contributed by atoms with Crippen LogP contribution < -0.4 is 10.1 Å². The first-order valence-corrected chi connectivity index (χ1v) is 7.69. The quantitative estimate of drug-likeness (QED) is 0.920. The Balaban J connectivity index is 2.00. The Morgan fingerprint density at radius 2 is 2.10 bits per heavy atom. The van der Waals surface area contributed by atoms with Crippen LogP contribution in [0.1, 0.15) is 37.8 Å². The molecular weight excluding hydrogens is 286 g/mol. The van der Waals surface area contributed by atoms with Crippen molar-refractivity contribution in [1.82, 2.24) is 10.2 Å². The molecule has 0 fully saturated rings. The average molecular weight is 305 g/mol. The third kappa shape index (κ3) is 4.01. The summed E-state index contributed by atoms with van der Waals surface area (Å²) in [6.45, 7) is 8.07. The van der Waals surface area contributed by atoms with Gasteiger partial charge in [0.2, 0.25) is 5.13 Å². The number of carbonyl (C=O) groups is 1. The van der Waals surface area contributed by atoms with Crippen molar-refractivity contribution in [2.45, 2.75) is 39.7 Å². The molecule has 5 nitrogen and oxygen atoms in total. The minimum atomic E-state index is -0.599. The highest BCUT2D eigenvalue weighted by atomic mass is 32.1. The lowest BCUT2D eigenvalue weighted by Gasteiger charge is -2.16. The summed E-state index contributed by atoms with van der Waals surface area (Å²) in [4.78, 5) is 12.0. The smallest absolute Gasteiger partial charge is 0.266 e. The Bertz CT molecular complexity index is 611. The van der Waals surface area contributed by atoms with E-state index in [-0.39, 0.29) is 5.91 Å². The van der Waals surface area contributed by atoms with Crippen LogP contribution in [0, 0.1) is 6.92 Å². The molecule has 0 aliphatic rings. The van der Waals surface area contributed by atoms with E-state index in [2.05, 4.69) is 29.4 Å². The van der Waals surface area contributed by atoms with Crippen LogP contribution in [0.3, 0.4) is 0 Å². The molecule has 1 heterocycles. The van der Waals surface area contributed by atoms with Gasteiger partial charge in [-0.25, -0.2) is 0 Å². The molecule has 1 aromatic heterocycles. The molecule has 0 spiro atoms. The highest BCUT2D eigenvalue weighted by Crippen LogP contribution is 2.24. The zero-order valence-electron chi connectivity index (χ0n) is 12.6. The standard InChI is InChI=1S/C15H19N3O2S/c1-9(2)13-6-5-12(7-10(13)3)20-11(4)14(19)17-15-18-16-8-21-15/h5-9,11H,1-4H3,(H,17,18,19). The van der Waals surface area contributed by atoms with Crippen LogP contribution >= 0.6 is 11.3 Å². The Morgan fingerprint density at radius 3 is 2.67 bits per heavy atom. The topological polar surface area (TPSA) is 64.1 Å². The minimum absolute atomic E-state index is 0.239. The number of carbonyl (C=O) groups excluding carboxylic acids is 1. The number of aromatic nitrogens is 2. The van der Waals surface area contributed by atoms with Crippen molar-refractivity contribution in [1.29, 1.82) is 0 Å². The van der Waals surface area contributed by atoms with Crippen LogP contribution in [0.15, 0.2) is 23.7 Å². The monoisotopic (exact) mass is 305 g/mol. The molecule has 1 atom stereocenters. The molecule has 0 aliphatic heterocycles. The van der Waals surface area contributed by atoms with E-state index in [9.17, 15) is 4.79 Å². The lowest BCUT2D eigenvalue weighted by atomic mass is 9.98. The van der Waals surface area contributed by atoms with E-state index in [1.54, 1.807) is 12.4 Å². The SMILES string of the molecule is Cc1cc(OC(C)C(=O)Nc2nncs2)ccc1C(C)C. The Kier molecular flexibility index (Phi) is 4.90. The maximum atomic E-state index is 12.0. The molecule has 1 N–H and O–H groups in total. The number of hydrogen-bond donors (Lipinski definition) is 1. The summed E-state index contributed by atoms with van der Waals surface area (Å²) >= 11 is 1.27. The van der Waals surface area contributed by atoms with Crippen LogP contribution in [0.4, 0.5) is 5.13 Å². The molecule has 21 heavy (non-hydrogen) atoms. The Labute approximate surface area is 128 Å². The largest absolute Gasteiger partial charge is 0.481 e. The summed E-state index contributed by atoms with van der Waals surface area (Å²) in [6, 6.07) is 5.91. The van der Waals surface area contributed by atoms with Gasteiger partial charge in [0.15, 0.2) is 6.10 Å². The van der Waals surface area contributed by atoms with Crippen molar-refractivity contribution in [3.63, 3.8) is 0 Å². The molecule has 2 aromatic rings. The second-order valence-corrected chi connectivity index (χ2v) is 6.00. The number of aryl methyl sites for hydroxylation is 1. The van der Waals surface area contributed by atoms with Gasteiger partial charge in [-0.15, -0.1) is 10.2 Å². The first kappa shape index (κ1) is 15.4. The molecular formula is C15H19N3O2S. The fraction of sp³-hybridized carbons (Fsp3) is 0.400. The fourth-order valence-corrected chi connectivity index (χ4v) is 2.51. The highest BCUT2D eigenvalue weighted by molar-refractivity contribution is 7.13. The number of nitrogens with zero attached hydrogens (tertiary/aromatic N) is 2. The van der Waals surface area contributed by atoms with Gasteiger partial charge >= 0.3 is 0 Å². The third-order valence-corrected chi connectivity index (χ3v) is 3.74. The summed E-state index contributed by atoms with van der Waals surface area (Å²) in [5, 5.41) is 10.6. The number of nitrogens with one attached hydrogen (secondary N) is 1. The van der Waals surface area contributed by atoms with Gasteiger partial charge in [-0.3, -0.25) is 10.1 Å². The maximum absolute atomic E-state index is 12.0. The molecule has 1 aromatic carbocycles. The summed E-state index contributed by atoms with van der Waals surface area (Å²) < 4.78 is 5.68. The molecule has 6 heteroatoms. The van der Waals surface area contributed by atoms with E-state index < -0.39 is 6.10 Å². The van der Waals surface area contributed by atoms with E-state index in [1.165, 1.54) is 22.5 Å². The van der Waals surface area contributed by atoms with Crippen molar-refractivity contribution in [2.75, 3.05) is 5.32 Å². The minimum Gasteiger partial charge on any atom is -0.481 e. The Hall–Kier alpha value is -1.95.